The summed E-state index contributed by atoms with van der Waals surface area (Å²) in [6.45, 7) is 0.564. The van der Waals surface area contributed by atoms with Crippen LogP contribution in [0.5, 0.6) is 0 Å². The summed E-state index contributed by atoms with van der Waals surface area (Å²) in [5.74, 6) is -0.348. The number of nitrogens with one attached hydrogen (secondary N) is 1. The van der Waals surface area contributed by atoms with Crippen LogP contribution < -0.4 is 5.32 Å². The highest BCUT2D eigenvalue weighted by Gasteiger charge is 2.10. The van der Waals surface area contributed by atoms with E-state index in [1.54, 1.807) is 18.3 Å². The minimum absolute atomic E-state index is 0.348. The fourth-order valence-electron chi connectivity index (χ4n) is 1.61. The number of carbonyl (C=O) groups excluding carboxylic acids is 1. The molecule has 0 bridgehead atoms. The maximum atomic E-state index is 11.6. The molecule has 0 saturated carbocycles. The fraction of sp³-hybridized carbons (Fsp3) is 0.143. The van der Waals surface area contributed by atoms with Gasteiger partial charge in [0.05, 0.1) is 24.9 Å². The zero-order chi connectivity index (χ0) is 12.8. The molecule has 0 atom stereocenters. The van der Waals surface area contributed by atoms with E-state index in [-0.39, 0.29) is 5.97 Å². The minimum atomic E-state index is -0.348. The van der Waals surface area contributed by atoms with Crippen molar-refractivity contribution >= 4 is 11.7 Å². The Bertz CT molecular complexity index is 526. The van der Waals surface area contributed by atoms with Gasteiger partial charge < -0.3 is 10.1 Å². The number of esters is 1. The molecule has 0 radical (unpaired) electrons. The lowest BCUT2D eigenvalue weighted by molar-refractivity contribution is 0.0602. The largest absolute Gasteiger partial charge is 0.465 e. The Balaban J connectivity index is 2.12. The van der Waals surface area contributed by atoms with Crippen molar-refractivity contribution in [1.82, 2.24) is 4.98 Å². The molecule has 0 aliphatic heterocycles. The average Bonchev–Trinajstić information content (AvgIpc) is 2.45. The number of anilines is 1. The van der Waals surface area contributed by atoms with Gasteiger partial charge in [-0.3, -0.25) is 4.98 Å². The third kappa shape index (κ3) is 2.85. The molecule has 0 aliphatic carbocycles. The number of nitrogens with zero attached hydrogens (tertiary/aromatic N) is 1. The van der Waals surface area contributed by atoms with Crippen molar-refractivity contribution in [3.8, 4) is 0 Å². The predicted octanol–water partition coefficient (Wildman–Crippen LogP) is 2.48. The van der Waals surface area contributed by atoms with E-state index < -0.39 is 0 Å². The van der Waals surface area contributed by atoms with E-state index >= 15 is 0 Å². The van der Waals surface area contributed by atoms with Crippen LogP contribution in [0, 0.1) is 0 Å². The van der Waals surface area contributed by atoms with Crippen LogP contribution in [0.1, 0.15) is 16.1 Å². The standard InChI is InChI=1S/C14H14N2O2/c1-18-14(17)12-7-2-3-8-13(12)16-10-11-6-4-5-9-15-11/h2-9,16H,10H2,1H3. The van der Waals surface area contributed by atoms with Gasteiger partial charge in [0.2, 0.25) is 0 Å². The summed E-state index contributed by atoms with van der Waals surface area (Å²) in [5.41, 5.74) is 2.18. The molecule has 0 aliphatic rings. The minimum Gasteiger partial charge on any atom is -0.465 e. The van der Waals surface area contributed by atoms with Gasteiger partial charge in [-0.15, -0.1) is 0 Å². The zero-order valence-electron chi connectivity index (χ0n) is 10.1. The molecule has 0 fully saturated rings. The van der Waals surface area contributed by atoms with E-state index in [1.165, 1.54) is 7.11 Å². The van der Waals surface area contributed by atoms with E-state index in [0.717, 1.165) is 11.4 Å². The molecule has 2 rings (SSSR count). The summed E-state index contributed by atoms with van der Waals surface area (Å²) in [5, 5.41) is 3.18. The summed E-state index contributed by atoms with van der Waals surface area (Å²) in [6.07, 6.45) is 1.74. The highest BCUT2D eigenvalue weighted by Crippen LogP contribution is 2.16. The predicted molar refractivity (Wildman–Crippen MR) is 69.3 cm³/mol. The third-order valence-electron chi connectivity index (χ3n) is 2.52. The molecule has 2 aromatic rings. The first-order valence-electron chi connectivity index (χ1n) is 5.62. The number of aromatic nitrogens is 1. The molecule has 0 unspecified atom stereocenters. The van der Waals surface area contributed by atoms with Crippen molar-refractivity contribution in [1.29, 1.82) is 0 Å². The fourth-order valence-corrected chi connectivity index (χ4v) is 1.61. The smallest absolute Gasteiger partial charge is 0.339 e. The van der Waals surface area contributed by atoms with Crippen LogP contribution >= 0.6 is 0 Å². The van der Waals surface area contributed by atoms with E-state index in [1.807, 2.05) is 30.3 Å². The molecule has 4 heteroatoms. The van der Waals surface area contributed by atoms with Crippen molar-refractivity contribution in [2.75, 3.05) is 12.4 Å². The highest BCUT2D eigenvalue weighted by molar-refractivity contribution is 5.95. The van der Waals surface area contributed by atoms with Gasteiger partial charge >= 0.3 is 5.97 Å². The number of carbonyl (C=O) groups is 1. The normalized spacial score (nSPS) is 9.83. The van der Waals surface area contributed by atoms with Gasteiger partial charge in [-0.05, 0) is 24.3 Å². The lowest BCUT2D eigenvalue weighted by Gasteiger charge is -2.10. The van der Waals surface area contributed by atoms with Gasteiger partial charge in [0, 0.05) is 11.9 Å². The van der Waals surface area contributed by atoms with Crippen LogP contribution in [0.4, 0.5) is 5.69 Å². The molecule has 1 aromatic heterocycles. The van der Waals surface area contributed by atoms with Crippen LogP contribution in [-0.4, -0.2) is 18.1 Å². The summed E-state index contributed by atoms with van der Waals surface area (Å²) in [4.78, 5) is 15.8. The quantitative estimate of drug-likeness (QED) is 0.837. The van der Waals surface area contributed by atoms with Crippen LogP contribution in [0.15, 0.2) is 48.7 Å². The van der Waals surface area contributed by atoms with Crippen molar-refractivity contribution < 1.29 is 9.53 Å². The maximum Gasteiger partial charge on any atom is 0.339 e. The first kappa shape index (κ1) is 12.1. The second-order valence-corrected chi connectivity index (χ2v) is 3.71. The topological polar surface area (TPSA) is 51.2 Å². The number of ether oxygens (including phenoxy) is 1. The highest BCUT2D eigenvalue weighted by atomic mass is 16.5. The Kier molecular flexibility index (Phi) is 3.91. The molecular formula is C14H14N2O2. The van der Waals surface area contributed by atoms with Crippen LogP contribution in [0.2, 0.25) is 0 Å². The molecule has 1 heterocycles. The molecule has 0 spiro atoms. The van der Waals surface area contributed by atoms with E-state index in [0.29, 0.717) is 12.1 Å². The monoisotopic (exact) mass is 242 g/mol. The summed E-state index contributed by atoms with van der Waals surface area (Å²) in [7, 11) is 1.37. The number of pyridine rings is 1. The Morgan fingerprint density at radius 1 is 1.22 bits per heavy atom. The van der Waals surface area contributed by atoms with Crippen LogP contribution in [-0.2, 0) is 11.3 Å². The Morgan fingerprint density at radius 2 is 2.00 bits per heavy atom. The number of rotatable bonds is 4. The Hall–Kier alpha value is -2.36. The molecule has 4 nitrogen and oxygen atoms in total. The second kappa shape index (κ2) is 5.82. The van der Waals surface area contributed by atoms with Gasteiger partial charge in [0.1, 0.15) is 0 Å². The molecule has 1 aromatic carbocycles. The van der Waals surface area contributed by atoms with E-state index in [4.69, 9.17) is 4.74 Å². The number of benzene rings is 1. The number of hydrogen-bond acceptors (Lipinski definition) is 4. The number of methoxy groups -OCH3 is 1. The zero-order valence-corrected chi connectivity index (χ0v) is 10.1. The van der Waals surface area contributed by atoms with Gasteiger partial charge in [-0.2, -0.15) is 0 Å². The van der Waals surface area contributed by atoms with E-state index in [9.17, 15) is 4.79 Å². The van der Waals surface area contributed by atoms with Crippen LogP contribution in [0.25, 0.3) is 0 Å². The van der Waals surface area contributed by atoms with Crippen molar-refractivity contribution in [3.63, 3.8) is 0 Å². The lowest BCUT2D eigenvalue weighted by atomic mass is 10.2. The van der Waals surface area contributed by atoms with Gasteiger partial charge in [-0.1, -0.05) is 18.2 Å². The summed E-state index contributed by atoms with van der Waals surface area (Å²) in [6, 6.07) is 13.0. The Morgan fingerprint density at radius 3 is 2.72 bits per heavy atom. The molecule has 0 saturated heterocycles. The van der Waals surface area contributed by atoms with Gasteiger partial charge in [0.15, 0.2) is 0 Å². The summed E-state index contributed by atoms with van der Waals surface area (Å²) < 4.78 is 4.73. The van der Waals surface area contributed by atoms with Crippen molar-refractivity contribution in [2.24, 2.45) is 0 Å². The SMILES string of the molecule is COC(=O)c1ccccc1NCc1ccccn1. The molecule has 1 N–H and O–H groups in total. The Labute approximate surface area is 106 Å². The number of para-hydroxylation sites is 1. The molecular weight excluding hydrogens is 228 g/mol. The third-order valence-corrected chi connectivity index (χ3v) is 2.52. The number of hydrogen-bond donors (Lipinski definition) is 1. The van der Waals surface area contributed by atoms with Crippen molar-refractivity contribution in [3.05, 3.63) is 59.9 Å². The molecule has 92 valence electrons. The maximum absolute atomic E-state index is 11.6. The van der Waals surface area contributed by atoms with Crippen LogP contribution in [0.3, 0.4) is 0 Å². The first-order chi connectivity index (χ1) is 8.81. The average molecular weight is 242 g/mol. The van der Waals surface area contributed by atoms with Gasteiger partial charge in [0.25, 0.3) is 0 Å². The lowest BCUT2D eigenvalue weighted by Crippen LogP contribution is -2.08. The second-order valence-electron chi connectivity index (χ2n) is 3.71. The van der Waals surface area contributed by atoms with Gasteiger partial charge in [-0.25, -0.2) is 4.79 Å². The van der Waals surface area contributed by atoms with Crippen molar-refractivity contribution in [2.45, 2.75) is 6.54 Å². The summed E-state index contributed by atoms with van der Waals surface area (Å²) >= 11 is 0. The first-order valence-corrected chi connectivity index (χ1v) is 5.62. The van der Waals surface area contributed by atoms with E-state index in [2.05, 4.69) is 10.3 Å². The molecule has 18 heavy (non-hydrogen) atoms. The molecule has 0 amide bonds.